The molecule has 0 heterocycles. The number of aliphatic hydroxyl groups excluding tert-OH is 1. The number of hydrogen-bond acceptors (Lipinski definition) is 1. The summed E-state index contributed by atoms with van der Waals surface area (Å²) in [5, 5.41) is 10.8. The fourth-order valence-electron chi connectivity index (χ4n) is 3.20. The van der Waals surface area contributed by atoms with Gasteiger partial charge in [-0.05, 0) is 60.4 Å². The second-order valence-corrected chi connectivity index (χ2v) is 6.16. The maximum Gasteiger partial charge on any atom is 0.141 e. The molecule has 3 rings (SSSR count). The Hall–Kier alpha value is -1.38. The van der Waals surface area contributed by atoms with Crippen LogP contribution in [-0.4, -0.2) is 5.11 Å². The second-order valence-electron chi connectivity index (χ2n) is 5.75. The fourth-order valence-corrected chi connectivity index (χ4v) is 3.40. The predicted octanol–water partition coefficient (Wildman–Crippen LogP) is 4.71. The van der Waals surface area contributed by atoms with Gasteiger partial charge >= 0.3 is 0 Å². The average Bonchev–Trinajstić information content (AvgIpc) is 2.64. The minimum atomic E-state index is -0.465. The van der Waals surface area contributed by atoms with Crippen molar-refractivity contribution in [3.05, 3.63) is 70.0 Å². The van der Waals surface area contributed by atoms with E-state index in [4.69, 9.17) is 11.6 Å². The molecule has 0 spiro atoms. The van der Waals surface area contributed by atoms with Gasteiger partial charge in [-0.25, -0.2) is 4.39 Å². The van der Waals surface area contributed by atoms with Crippen LogP contribution in [0.4, 0.5) is 4.39 Å². The summed E-state index contributed by atoms with van der Waals surface area (Å²) in [7, 11) is 0. The third kappa shape index (κ3) is 3.12. The molecule has 0 saturated carbocycles. The SMILES string of the molecule is OC1c2ccccc2CCCC1Cc1ccc(F)c(Cl)c1. The van der Waals surface area contributed by atoms with Crippen LogP contribution in [0.3, 0.4) is 0 Å². The molecule has 0 fully saturated rings. The topological polar surface area (TPSA) is 20.2 Å². The molecular formula is C18H18ClFO. The molecule has 21 heavy (non-hydrogen) atoms. The number of rotatable bonds is 2. The molecule has 1 aliphatic rings. The normalized spacial score (nSPS) is 21.7. The van der Waals surface area contributed by atoms with Crippen LogP contribution in [0.5, 0.6) is 0 Å². The first-order chi connectivity index (χ1) is 10.1. The van der Waals surface area contributed by atoms with Crippen molar-refractivity contribution in [3.8, 4) is 0 Å². The van der Waals surface area contributed by atoms with Gasteiger partial charge in [0.25, 0.3) is 0 Å². The van der Waals surface area contributed by atoms with Gasteiger partial charge in [-0.2, -0.15) is 0 Å². The van der Waals surface area contributed by atoms with E-state index in [2.05, 4.69) is 6.07 Å². The zero-order valence-corrected chi connectivity index (χ0v) is 12.5. The van der Waals surface area contributed by atoms with E-state index in [0.29, 0.717) is 0 Å². The van der Waals surface area contributed by atoms with E-state index in [-0.39, 0.29) is 10.9 Å². The van der Waals surface area contributed by atoms with Crippen molar-refractivity contribution in [3.63, 3.8) is 0 Å². The maximum atomic E-state index is 13.2. The van der Waals surface area contributed by atoms with E-state index in [1.54, 1.807) is 12.1 Å². The first-order valence-electron chi connectivity index (χ1n) is 7.35. The summed E-state index contributed by atoms with van der Waals surface area (Å²) < 4.78 is 13.2. The lowest BCUT2D eigenvalue weighted by Crippen LogP contribution is -2.14. The summed E-state index contributed by atoms with van der Waals surface area (Å²) >= 11 is 5.84. The van der Waals surface area contributed by atoms with Gasteiger partial charge in [0.2, 0.25) is 0 Å². The van der Waals surface area contributed by atoms with E-state index < -0.39 is 11.9 Å². The summed E-state index contributed by atoms with van der Waals surface area (Å²) in [6.07, 6.45) is 3.29. The molecule has 0 bridgehead atoms. The van der Waals surface area contributed by atoms with Crippen LogP contribution in [0, 0.1) is 11.7 Å². The van der Waals surface area contributed by atoms with Crippen molar-refractivity contribution in [2.24, 2.45) is 5.92 Å². The van der Waals surface area contributed by atoms with Gasteiger partial charge in [0.05, 0.1) is 11.1 Å². The van der Waals surface area contributed by atoms with Crippen LogP contribution in [0.2, 0.25) is 5.02 Å². The van der Waals surface area contributed by atoms with E-state index >= 15 is 0 Å². The van der Waals surface area contributed by atoms with Crippen molar-refractivity contribution in [2.75, 3.05) is 0 Å². The first kappa shape index (κ1) is 14.6. The molecule has 0 aromatic heterocycles. The van der Waals surface area contributed by atoms with Crippen LogP contribution in [0.15, 0.2) is 42.5 Å². The molecule has 0 saturated heterocycles. The van der Waals surface area contributed by atoms with E-state index in [1.807, 2.05) is 18.2 Å². The number of aliphatic hydroxyl groups is 1. The van der Waals surface area contributed by atoms with Crippen molar-refractivity contribution in [1.29, 1.82) is 0 Å². The van der Waals surface area contributed by atoms with Gasteiger partial charge < -0.3 is 5.11 Å². The van der Waals surface area contributed by atoms with Crippen LogP contribution in [0.1, 0.15) is 35.6 Å². The van der Waals surface area contributed by atoms with Gasteiger partial charge in [0.15, 0.2) is 0 Å². The minimum Gasteiger partial charge on any atom is -0.388 e. The van der Waals surface area contributed by atoms with Crippen molar-refractivity contribution < 1.29 is 9.50 Å². The third-order valence-electron chi connectivity index (χ3n) is 4.32. The van der Waals surface area contributed by atoms with Gasteiger partial charge in [-0.15, -0.1) is 0 Å². The van der Waals surface area contributed by atoms with Crippen LogP contribution >= 0.6 is 11.6 Å². The Kier molecular flexibility index (Phi) is 4.27. The highest BCUT2D eigenvalue weighted by Crippen LogP contribution is 2.35. The molecule has 0 aliphatic heterocycles. The molecule has 0 radical (unpaired) electrons. The van der Waals surface area contributed by atoms with Crippen molar-refractivity contribution in [2.45, 2.75) is 31.8 Å². The van der Waals surface area contributed by atoms with E-state index in [1.165, 1.54) is 11.6 Å². The Balaban J connectivity index is 1.84. The Labute approximate surface area is 129 Å². The Bertz CT molecular complexity index is 641. The molecule has 2 aromatic carbocycles. The van der Waals surface area contributed by atoms with Crippen LogP contribution in [-0.2, 0) is 12.8 Å². The number of hydrogen-bond donors (Lipinski definition) is 1. The predicted molar refractivity (Wildman–Crippen MR) is 82.9 cm³/mol. The number of benzene rings is 2. The minimum absolute atomic E-state index is 0.148. The quantitative estimate of drug-likeness (QED) is 0.797. The lowest BCUT2D eigenvalue weighted by molar-refractivity contribution is 0.105. The highest BCUT2D eigenvalue weighted by atomic mass is 35.5. The largest absolute Gasteiger partial charge is 0.388 e. The number of fused-ring (bicyclic) bond motifs is 1. The number of halogens is 2. The fraction of sp³-hybridized carbons (Fsp3) is 0.333. The number of aryl methyl sites for hydroxylation is 1. The van der Waals surface area contributed by atoms with E-state index in [0.717, 1.165) is 36.8 Å². The monoisotopic (exact) mass is 304 g/mol. The molecule has 1 nitrogen and oxygen atoms in total. The van der Waals surface area contributed by atoms with Crippen LogP contribution in [0.25, 0.3) is 0 Å². The summed E-state index contributed by atoms with van der Waals surface area (Å²) in [4.78, 5) is 0. The average molecular weight is 305 g/mol. The zero-order chi connectivity index (χ0) is 14.8. The summed E-state index contributed by atoms with van der Waals surface area (Å²) in [6.45, 7) is 0. The van der Waals surface area contributed by atoms with E-state index in [9.17, 15) is 9.50 Å². The zero-order valence-electron chi connectivity index (χ0n) is 11.7. The summed E-state index contributed by atoms with van der Waals surface area (Å²) in [6, 6.07) is 12.9. The van der Waals surface area contributed by atoms with Gasteiger partial charge in [0.1, 0.15) is 5.82 Å². The molecule has 2 unspecified atom stereocenters. The lowest BCUT2D eigenvalue weighted by atomic mass is 9.88. The molecule has 3 heteroatoms. The molecule has 2 aromatic rings. The Morgan fingerprint density at radius 2 is 2.00 bits per heavy atom. The first-order valence-corrected chi connectivity index (χ1v) is 7.73. The Morgan fingerprint density at radius 3 is 2.81 bits per heavy atom. The molecule has 110 valence electrons. The van der Waals surface area contributed by atoms with Crippen molar-refractivity contribution in [1.82, 2.24) is 0 Å². The molecular weight excluding hydrogens is 287 g/mol. The van der Waals surface area contributed by atoms with Gasteiger partial charge in [-0.1, -0.05) is 41.9 Å². The molecule has 0 amide bonds. The van der Waals surface area contributed by atoms with Crippen LogP contribution < -0.4 is 0 Å². The molecule has 1 aliphatic carbocycles. The smallest absolute Gasteiger partial charge is 0.141 e. The highest BCUT2D eigenvalue weighted by Gasteiger charge is 2.26. The standard InChI is InChI=1S/C18H18ClFO/c19-16-11-12(8-9-17(16)20)10-14-6-3-5-13-4-1-2-7-15(13)18(14)21/h1-2,4,7-9,11,14,18,21H,3,5-6,10H2. The third-order valence-corrected chi connectivity index (χ3v) is 4.61. The van der Waals surface area contributed by atoms with Gasteiger partial charge in [0, 0.05) is 0 Å². The molecule has 2 atom stereocenters. The highest BCUT2D eigenvalue weighted by molar-refractivity contribution is 6.30. The summed E-state index contributed by atoms with van der Waals surface area (Å²) in [5.41, 5.74) is 3.25. The summed E-state index contributed by atoms with van der Waals surface area (Å²) in [5.74, 6) is -0.248. The van der Waals surface area contributed by atoms with Crippen molar-refractivity contribution >= 4 is 11.6 Å². The maximum absolute atomic E-state index is 13.2. The Morgan fingerprint density at radius 1 is 1.19 bits per heavy atom. The lowest BCUT2D eigenvalue weighted by Gasteiger charge is -2.22. The van der Waals surface area contributed by atoms with Gasteiger partial charge in [-0.3, -0.25) is 0 Å². The second kappa shape index (κ2) is 6.17. The molecule has 1 N–H and O–H groups in total.